The van der Waals surface area contributed by atoms with E-state index >= 15 is 0 Å². The fraction of sp³-hybridized carbons (Fsp3) is 0.500. The van der Waals surface area contributed by atoms with Crippen molar-refractivity contribution >= 4 is 11.8 Å². The van der Waals surface area contributed by atoms with Crippen LogP contribution in [0.15, 0.2) is 41.0 Å². The van der Waals surface area contributed by atoms with E-state index < -0.39 is 0 Å². The van der Waals surface area contributed by atoms with Crippen LogP contribution in [0.5, 0.6) is 0 Å². The largest absolute Gasteiger partial charge is 0.446 e. The van der Waals surface area contributed by atoms with Gasteiger partial charge >= 0.3 is 0 Å². The number of carbonyl (C=O) groups is 2. The van der Waals surface area contributed by atoms with Crippen molar-refractivity contribution in [1.82, 2.24) is 15.2 Å². The van der Waals surface area contributed by atoms with E-state index in [1.54, 1.807) is 19.1 Å². The van der Waals surface area contributed by atoms with Crippen molar-refractivity contribution in [1.29, 1.82) is 0 Å². The summed E-state index contributed by atoms with van der Waals surface area (Å²) in [4.78, 5) is 30.9. The number of aromatic nitrogens is 1. The topological polar surface area (TPSA) is 93.9 Å². The Hall–Kier alpha value is -2.71. The average molecular weight is 418 g/mol. The SMILES string of the molecule is COCCCNC(=O)c1coc(CN(CCCOC)C(=O)CCc2ccccc2)n1. The molecular formula is C22H31N3O5. The first-order valence-electron chi connectivity index (χ1n) is 10.2. The predicted octanol–water partition coefficient (Wildman–Crippen LogP) is 2.44. The molecule has 1 heterocycles. The highest BCUT2D eigenvalue weighted by atomic mass is 16.5. The molecule has 0 radical (unpaired) electrons. The second-order valence-corrected chi connectivity index (χ2v) is 6.88. The lowest BCUT2D eigenvalue weighted by atomic mass is 10.1. The Morgan fingerprint density at radius 3 is 2.57 bits per heavy atom. The van der Waals surface area contributed by atoms with Crippen LogP contribution in [-0.2, 0) is 27.2 Å². The van der Waals surface area contributed by atoms with Gasteiger partial charge in [0, 0.05) is 46.9 Å². The molecule has 0 saturated carbocycles. The van der Waals surface area contributed by atoms with Gasteiger partial charge in [-0.3, -0.25) is 9.59 Å². The third kappa shape index (κ3) is 8.34. The van der Waals surface area contributed by atoms with Crippen molar-refractivity contribution in [3.05, 3.63) is 53.7 Å². The summed E-state index contributed by atoms with van der Waals surface area (Å²) in [6, 6.07) is 9.90. The number of oxazole rings is 1. The molecule has 0 spiro atoms. The van der Waals surface area contributed by atoms with Gasteiger partial charge in [0.25, 0.3) is 5.91 Å². The molecule has 2 rings (SSSR count). The monoisotopic (exact) mass is 417 g/mol. The number of ether oxygens (including phenoxy) is 2. The summed E-state index contributed by atoms with van der Waals surface area (Å²) in [7, 11) is 3.25. The van der Waals surface area contributed by atoms with E-state index in [9.17, 15) is 9.59 Å². The van der Waals surface area contributed by atoms with Crippen molar-refractivity contribution in [3.8, 4) is 0 Å². The van der Waals surface area contributed by atoms with Gasteiger partial charge in [-0.05, 0) is 24.8 Å². The molecule has 1 aromatic carbocycles. The van der Waals surface area contributed by atoms with Crippen LogP contribution in [0.3, 0.4) is 0 Å². The van der Waals surface area contributed by atoms with E-state index in [0.29, 0.717) is 51.5 Å². The quantitative estimate of drug-likeness (QED) is 0.475. The highest BCUT2D eigenvalue weighted by molar-refractivity contribution is 5.91. The summed E-state index contributed by atoms with van der Waals surface area (Å²) >= 11 is 0. The molecule has 164 valence electrons. The summed E-state index contributed by atoms with van der Waals surface area (Å²) in [6.07, 6.45) is 3.81. The summed E-state index contributed by atoms with van der Waals surface area (Å²) in [5.41, 5.74) is 1.32. The molecule has 1 N–H and O–H groups in total. The number of rotatable bonds is 14. The maximum atomic E-state index is 12.8. The van der Waals surface area contributed by atoms with Gasteiger partial charge in [-0.1, -0.05) is 30.3 Å². The standard InChI is InChI=1S/C22H31N3O5/c1-28-14-6-12-23-22(27)19-17-30-20(24-19)16-25(13-7-15-29-2)21(26)11-10-18-8-4-3-5-9-18/h3-5,8-9,17H,6-7,10-16H2,1-2H3,(H,23,27). The van der Waals surface area contributed by atoms with E-state index in [1.807, 2.05) is 30.3 Å². The smallest absolute Gasteiger partial charge is 0.273 e. The van der Waals surface area contributed by atoms with Gasteiger partial charge in [0.05, 0.1) is 6.54 Å². The minimum atomic E-state index is -0.303. The van der Waals surface area contributed by atoms with E-state index in [4.69, 9.17) is 13.9 Å². The number of amides is 2. The number of hydrogen-bond acceptors (Lipinski definition) is 6. The molecule has 0 aliphatic carbocycles. The Morgan fingerprint density at radius 2 is 1.83 bits per heavy atom. The number of aryl methyl sites for hydroxylation is 1. The van der Waals surface area contributed by atoms with Gasteiger partial charge in [0.2, 0.25) is 11.8 Å². The van der Waals surface area contributed by atoms with Crippen molar-refractivity contribution in [2.75, 3.05) is 40.5 Å². The zero-order valence-electron chi connectivity index (χ0n) is 17.8. The normalized spacial score (nSPS) is 10.7. The lowest BCUT2D eigenvalue weighted by Crippen LogP contribution is -2.32. The van der Waals surface area contributed by atoms with E-state index in [1.165, 1.54) is 6.26 Å². The Labute approximate surface area is 177 Å². The molecule has 2 aromatic rings. The number of carbonyl (C=O) groups excluding carboxylic acids is 2. The summed E-state index contributed by atoms with van der Waals surface area (Å²) in [5, 5.41) is 2.77. The highest BCUT2D eigenvalue weighted by Crippen LogP contribution is 2.11. The van der Waals surface area contributed by atoms with E-state index in [2.05, 4.69) is 10.3 Å². The fourth-order valence-electron chi connectivity index (χ4n) is 2.91. The molecule has 1 aromatic heterocycles. The second-order valence-electron chi connectivity index (χ2n) is 6.88. The molecule has 30 heavy (non-hydrogen) atoms. The van der Waals surface area contributed by atoms with Gasteiger partial charge < -0.3 is 24.1 Å². The van der Waals surface area contributed by atoms with Crippen LogP contribution in [0.4, 0.5) is 0 Å². The summed E-state index contributed by atoms with van der Waals surface area (Å²) in [5.74, 6) is 0.0451. The molecule has 0 unspecified atom stereocenters. The average Bonchev–Trinajstić information content (AvgIpc) is 3.24. The van der Waals surface area contributed by atoms with Gasteiger partial charge in [0.1, 0.15) is 6.26 Å². The minimum Gasteiger partial charge on any atom is -0.446 e. The summed E-state index contributed by atoms with van der Waals surface area (Å²) < 4.78 is 15.5. The Morgan fingerprint density at radius 1 is 1.10 bits per heavy atom. The van der Waals surface area contributed by atoms with Gasteiger partial charge in [0.15, 0.2) is 5.69 Å². The molecule has 0 bridgehead atoms. The Balaban J connectivity index is 1.92. The molecule has 0 aliphatic rings. The minimum absolute atomic E-state index is 0.0127. The van der Waals surface area contributed by atoms with Crippen molar-refractivity contribution in [3.63, 3.8) is 0 Å². The lowest BCUT2D eigenvalue weighted by molar-refractivity contribution is -0.132. The third-order valence-electron chi connectivity index (χ3n) is 4.52. The first-order chi connectivity index (χ1) is 14.6. The Kier molecular flexibility index (Phi) is 10.6. The number of hydrogen-bond donors (Lipinski definition) is 1. The number of methoxy groups -OCH3 is 2. The van der Waals surface area contributed by atoms with Crippen LogP contribution in [-0.4, -0.2) is 62.2 Å². The molecule has 2 amide bonds. The van der Waals surface area contributed by atoms with Crippen LogP contribution >= 0.6 is 0 Å². The zero-order chi connectivity index (χ0) is 21.6. The molecule has 0 atom stereocenters. The molecular weight excluding hydrogens is 386 g/mol. The summed E-state index contributed by atoms with van der Waals surface area (Å²) in [6.45, 7) is 2.38. The molecule has 0 aliphatic heterocycles. The molecule has 0 fully saturated rings. The number of nitrogens with one attached hydrogen (secondary N) is 1. The third-order valence-corrected chi connectivity index (χ3v) is 4.52. The van der Waals surface area contributed by atoms with Crippen molar-refractivity contribution in [2.24, 2.45) is 0 Å². The molecule has 8 heteroatoms. The van der Waals surface area contributed by atoms with Crippen LogP contribution in [0, 0.1) is 0 Å². The highest BCUT2D eigenvalue weighted by Gasteiger charge is 2.18. The van der Waals surface area contributed by atoms with Gasteiger partial charge in [-0.25, -0.2) is 4.98 Å². The predicted molar refractivity (Wildman–Crippen MR) is 112 cm³/mol. The maximum Gasteiger partial charge on any atom is 0.273 e. The van der Waals surface area contributed by atoms with Gasteiger partial charge in [-0.2, -0.15) is 0 Å². The number of nitrogens with zero attached hydrogens (tertiary/aromatic N) is 2. The van der Waals surface area contributed by atoms with Crippen molar-refractivity contribution in [2.45, 2.75) is 32.2 Å². The van der Waals surface area contributed by atoms with Crippen LogP contribution in [0.2, 0.25) is 0 Å². The van der Waals surface area contributed by atoms with Gasteiger partial charge in [-0.15, -0.1) is 0 Å². The Bertz CT molecular complexity index is 763. The number of benzene rings is 1. The maximum absolute atomic E-state index is 12.8. The first kappa shape index (κ1) is 23.6. The first-order valence-corrected chi connectivity index (χ1v) is 10.2. The zero-order valence-corrected chi connectivity index (χ0v) is 17.8. The van der Waals surface area contributed by atoms with Crippen molar-refractivity contribution < 1.29 is 23.5 Å². The van der Waals surface area contributed by atoms with Crippen LogP contribution in [0.1, 0.15) is 41.2 Å². The molecule has 0 saturated heterocycles. The fourth-order valence-corrected chi connectivity index (χ4v) is 2.91. The van der Waals surface area contributed by atoms with E-state index in [-0.39, 0.29) is 24.1 Å². The van der Waals surface area contributed by atoms with E-state index in [0.717, 1.165) is 12.0 Å². The van der Waals surface area contributed by atoms with Crippen LogP contribution in [0.25, 0.3) is 0 Å². The van der Waals surface area contributed by atoms with Crippen LogP contribution < -0.4 is 5.32 Å². The lowest BCUT2D eigenvalue weighted by Gasteiger charge is -2.21. The molecule has 8 nitrogen and oxygen atoms in total. The second kappa shape index (κ2) is 13.5.